The topological polar surface area (TPSA) is 32.3 Å². The van der Waals surface area contributed by atoms with Crippen molar-refractivity contribution in [1.29, 1.82) is 0 Å². The Morgan fingerprint density at radius 3 is 2.65 bits per heavy atom. The number of rotatable bonds is 1. The van der Waals surface area contributed by atoms with Crippen molar-refractivity contribution in [3.63, 3.8) is 0 Å². The molecular formula is C16H14BrF3N2O. The Morgan fingerprint density at radius 1 is 1.43 bits per heavy atom. The minimum absolute atomic E-state index is 0.0408. The van der Waals surface area contributed by atoms with Crippen molar-refractivity contribution in [1.82, 2.24) is 4.90 Å². The van der Waals surface area contributed by atoms with Gasteiger partial charge in [-0.25, -0.2) is 18.0 Å². The number of nitrogens with zero attached hydrogens (tertiary/aromatic N) is 1. The van der Waals surface area contributed by atoms with Crippen LogP contribution in [0.4, 0.5) is 23.7 Å². The minimum Gasteiger partial charge on any atom is -0.307 e. The third-order valence-corrected chi connectivity index (χ3v) is 4.78. The summed E-state index contributed by atoms with van der Waals surface area (Å²) in [6.45, 7) is 0.702. The molecular weight excluding hydrogens is 373 g/mol. The standard InChI is InChI=1S/C16H14BrF3N2O/c1-15(19,20)16(6-5-9-3-4-9)10-7-12(18)11(17)8-13(10)21-14(23)22(16)2/h7-9H,3-4H2,1-2H3,(H,21,23). The first-order valence-corrected chi connectivity index (χ1v) is 7.91. The zero-order valence-electron chi connectivity index (χ0n) is 12.5. The summed E-state index contributed by atoms with van der Waals surface area (Å²) in [6.07, 6.45) is 1.71. The summed E-state index contributed by atoms with van der Waals surface area (Å²) in [5, 5.41) is 2.50. The molecule has 23 heavy (non-hydrogen) atoms. The van der Waals surface area contributed by atoms with Crippen LogP contribution in [0.5, 0.6) is 0 Å². The Labute approximate surface area is 140 Å². The molecule has 1 N–H and O–H groups in total. The highest BCUT2D eigenvalue weighted by molar-refractivity contribution is 9.10. The Balaban J connectivity index is 2.31. The first-order valence-electron chi connectivity index (χ1n) is 7.11. The van der Waals surface area contributed by atoms with E-state index in [-0.39, 0.29) is 21.6 Å². The monoisotopic (exact) mass is 386 g/mol. The first-order chi connectivity index (χ1) is 10.7. The Hall–Kier alpha value is -1.68. The maximum absolute atomic E-state index is 14.6. The lowest BCUT2D eigenvalue weighted by Crippen LogP contribution is -2.60. The number of anilines is 1. The second-order valence-electron chi connectivity index (χ2n) is 5.94. The van der Waals surface area contributed by atoms with Crippen LogP contribution in [0.15, 0.2) is 16.6 Å². The molecule has 1 aliphatic heterocycles. The normalized spacial score (nSPS) is 23.7. The van der Waals surface area contributed by atoms with E-state index in [1.165, 1.54) is 13.1 Å². The number of nitrogens with one attached hydrogen (secondary N) is 1. The zero-order valence-corrected chi connectivity index (χ0v) is 14.1. The van der Waals surface area contributed by atoms with Crippen molar-refractivity contribution in [3.05, 3.63) is 28.0 Å². The predicted molar refractivity (Wildman–Crippen MR) is 83.7 cm³/mol. The van der Waals surface area contributed by atoms with Crippen molar-refractivity contribution in [3.8, 4) is 11.8 Å². The van der Waals surface area contributed by atoms with E-state index in [0.717, 1.165) is 23.8 Å². The van der Waals surface area contributed by atoms with E-state index in [4.69, 9.17) is 0 Å². The number of alkyl halides is 2. The second kappa shape index (κ2) is 5.17. The second-order valence-corrected chi connectivity index (χ2v) is 6.80. The van der Waals surface area contributed by atoms with Crippen molar-refractivity contribution < 1.29 is 18.0 Å². The van der Waals surface area contributed by atoms with Gasteiger partial charge in [0.2, 0.25) is 0 Å². The molecule has 1 fully saturated rings. The molecule has 2 amide bonds. The summed E-state index contributed by atoms with van der Waals surface area (Å²) in [7, 11) is 1.25. The molecule has 1 unspecified atom stereocenters. The van der Waals surface area contributed by atoms with Crippen LogP contribution in [-0.2, 0) is 5.54 Å². The number of hydrogen-bond acceptors (Lipinski definition) is 1. The molecule has 7 heteroatoms. The van der Waals surface area contributed by atoms with Crippen LogP contribution in [0.25, 0.3) is 0 Å². The van der Waals surface area contributed by atoms with Crippen LogP contribution in [0.2, 0.25) is 0 Å². The van der Waals surface area contributed by atoms with E-state index in [1.54, 1.807) is 0 Å². The zero-order chi connectivity index (χ0) is 17.0. The van der Waals surface area contributed by atoms with Crippen molar-refractivity contribution >= 4 is 27.6 Å². The lowest BCUT2D eigenvalue weighted by atomic mass is 9.80. The molecule has 1 aliphatic carbocycles. The van der Waals surface area contributed by atoms with E-state index in [1.807, 2.05) is 0 Å². The number of urea groups is 1. The van der Waals surface area contributed by atoms with Crippen molar-refractivity contribution in [2.24, 2.45) is 5.92 Å². The van der Waals surface area contributed by atoms with Gasteiger partial charge in [-0.15, -0.1) is 0 Å². The van der Waals surface area contributed by atoms with E-state index in [0.29, 0.717) is 6.92 Å². The quantitative estimate of drug-likeness (QED) is 0.715. The highest BCUT2D eigenvalue weighted by Crippen LogP contribution is 2.48. The van der Waals surface area contributed by atoms with Gasteiger partial charge >= 0.3 is 6.03 Å². The molecule has 1 aromatic rings. The molecule has 3 nitrogen and oxygen atoms in total. The molecule has 1 atom stereocenters. The number of halogens is 4. The molecule has 1 aromatic carbocycles. The number of benzene rings is 1. The van der Waals surface area contributed by atoms with Gasteiger partial charge in [-0.1, -0.05) is 11.8 Å². The molecule has 3 rings (SSSR count). The average Bonchev–Trinajstić information content (AvgIpc) is 3.25. The number of carbonyl (C=O) groups is 1. The third kappa shape index (κ3) is 2.49. The van der Waals surface area contributed by atoms with Gasteiger partial charge in [0.25, 0.3) is 5.92 Å². The highest BCUT2D eigenvalue weighted by Gasteiger charge is 2.58. The predicted octanol–water partition coefficient (Wildman–Crippen LogP) is 4.33. The van der Waals surface area contributed by atoms with Crippen LogP contribution >= 0.6 is 15.9 Å². The lowest BCUT2D eigenvalue weighted by molar-refractivity contribution is -0.0862. The van der Waals surface area contributed by atoms with Gasteiger partial charge in [0.1, 0.15) is 5.82 Å². The number of amides is 2. The summed E-state index contributed by atoms with van der Waals surface area (Å²) in [4.78, 5) is 13.0. The van der Waals surface area contributed by atoms with Crippen LogP contribution in [-0.4, -0.2) is 23.9 Å². The van der Waals surface area contributed by atoms with E-state index >= 15 is 0 Å². The van der Waals surface area contributed by atoms with Crippen molar-refractivity contribution in [2.75, 3.05) is 12.4 Å². The molecule has 0 aromatic heterocycles. The Morgan fingerprint density at radius 2 is 2.09 bits per heavy atom. The fourth-order valence-electron chi connectivity index (χ4n) is 2.71. The molecule has 0 radical (unpaired) electrons. The first kappa shape index (κ1) is 16.2. The summed E-state index contributed by atoms with van der Waals surface area (Å²) >= 11 is 3.01. The summed E-state index contributed by atoms with van der Waals surface area (Å²) in [5.74, 6) is 1.42. The van der Waals surface area contributed by atoms with Crippen LogP contribution in [0.3, 0.4) is 0 Å². The van der Waals surface area contributed by atoms with Gasteiger partial charge in [0, 0.05) is 25.5 Å². The van der Waals surface area contributed by atoms with E-state index < -0.39 is 23.3 Å². The molecule has 0 bridgehead atoms. The fourth-order valence-corrected chi connectivity index (χ4v) is 3.05. The van der Waals surface area contributed by atoms with Crippen LogP contribution in [0, 0.1) is 23.6 Å². The average molecular weight is 387 g/mol. The third-order valence-electron chi connectivity index (χ3n) is 4.17. The molecule has 1 heterocycles. The molecule has 1 saturated carbocycles. The number of fused-ring (bicyclic) bond motifs is 1. The number of carbonyl (C=O) groups excluding carboxylic acids is 1. The summed E-state index contributed by atoms with van der Waals surface area (Å²) < 4.78 is 43.3. The van der Waals surface area contributed by atoms with Crippen molar-refractivity contribution in [2.45, 2.75) is 31.2 Å². The highest BCUT2D eigenvalue weighted by atomic mass is 79.9. The lowest BCUT2D eigenvalue weighted by Gasteiger charge is -2.45. The molecule has 122 valence electrons. The summed E-state index contributed by atoms with van der Waals surface area (Å²) in [6, 6.07) is 1.59. The van der Waals surface area contributed by atoms with Crippen LogP contribution < -0.4 is 5.32 Å². The maximum atomic E-state index is 14.6. The molecule has 0 saturated heterocycles. The fraction of sp³-hybridized carbons (Fsp3) is 0.438. The summed E-state index contributed by atoms with van der Waals surface area (Å²) in [5.41, 5.74) is -2.11. The SMILES string of the molecule is CN1C(=O)Nc2cc(Br)c(F)cc2C1(C#CC1CC1)C(C)(F)F. The Bertz CT molecular complexity index is 746. The maximum Gasteiger partial charge on any atom is 0.323 e. The minimum atomic E-state index is -3.38. The molecule has 2 aliphatic rings. The smallest absolute Gasteiger partial charge is 0.307 e. The van der Waals surface area contributed by atoms with Gasteiger partial charge in [-0.2, -0.15) is 0 Å². The van der Waals surface area contributed by atoms with Gasteiger partial charge in [-0.05, 0) is 40.9 Å². The number of hydrogen-bond donors (Lipinski definition) is 1. The van der Waals surface area contributed by atoms with Gasteiger partial charge in [0.15, 0.2) is 5.54 Å². The van der Waals surface area contributed by atoms with Gasteiger partial charge < -0.3 is 10.2 Å². The molecule has 0 spiro atoms. The van der Waals surface area contributed by atoms with Gasteiger partial charge in [0.05, 0.1) is 10.2 Å². The van der Waals surface area contributed by atoms with E-state index in [9.17, 15) is 18.0 Å². The largest absolute Gasteiger partial charge is 0.323 e. The van der Waals surface area contributed by atoms with Crippen LogP contribution in [0.1, 0.15) is 25.3 Å². The Kier molecular flexibility index (Phi) is 3.64. The van der Waals surface area contributed by atoms with Gasteiger partial charge in [-0.3, -0.25) is 0 Å². The van der Waals surface area contributed by atoms with E-state index in [2.05, 4.69) is 33.1 Å².